The summed E-state index contributed by atoms with van der Waals surface area (Å²) in [6, 6.07) is 0. The molecule has 0 aromatic heterocycles. The molecule has 0 saturated carbocycles. The highest BCUT2D eigenvalue weighted by molar-refractivity contribution is 5.71. The molecule has 0 heterocycles. The van der Waals surface area contributed by atoms with Crippen molar-refractivity contribution in [3.63, 3.8) is 0 Å². The van der Waals surface area contributed by atoms with Crippen molar-refractivity contribution in [3.8, 4) is 0 Å². The van der Waals surface area contributed by atoms with Crippen molar-refractivity contribution in [2.75, 3.05) is 13.2 Å². The first-order valence-corrected chi connectivity index (χ1v) is 29.5. The van der Waals surface area contributed by atoms with E-state index in [0.717, 1.165) is 128 Å². The van der Waals surface area contributed by atoms with E-state index < -0.39 is 6.10 Å². The van der Waals surface area contributed by atoms with E-state index in [1.807, 2.05) is 0 Å². The molecule has 0 unspecified atom stereocenters. The molecule has 6 heteroatoms. The number of carbonyl (C=O) groups excluding carboxylic acids is 3. The van der Waals surface area contributed by atoms with Gasteiger partial charge in [0.2, 0.25) is 0 Å². The predicted octanol–water partition coefficient (Wildman–Crippen LogP) is 20.0. The van der Waals surface area contributed by atoms with Gasteiger partial charge in [-0.3, -0.25) is 14.4 Å². The topological polar surface area (TPSA) is 78.9 Å². The van der Waals surface area contributed by atoms with Gasteiger partial charge in [-0.25, -0.2) is 0 Å². The van der Waals surface area contributed by atoms with Crippen molar-refractivity contribution in [2.24, 2.45) is 0 Å². The van der Waals surface area contributed by atoms with E-state index in [-0.39, 0.29) is 37.5 Å². The van der Waals surface area contributed by atoms with E-state index in [0.29, 0.717) is 19.3 Å². The number of esters is 3. The maximum absolute atomic E-state index is 12.9. The molecule has 0 N–H and O–H groups in total. The summed E-state index contributed by atoms with van der Waals surface area (Å²) in [6.45, 7) is 6.37. The van der Waals surface area contributed by atoms with E-state index in [1.165, 1.54) is 83.5 Å². The Labute approximate surface area is 443 Å². The summed E-state index contributed by atoms with van der Waals surface area (Å²) < 4.78 is 16.8. The zero-order chi connectivity index (χ0) is 52.2. The zero-order valence-electron chi connectivity index (χ0n) is 46.7. The molecule has 0 rings (SSSR count). The fourth-order valence-corrected chi connectivity index (χ4v) is 7.85. The highest BCUT2D eigenvalue weighted by atomic mass is 16.6. The highest BCUT2D eigenvalue weighted by Crippen LogP contribution is 2.15. The van der Waals surface area contributed by atoms with Gasteiger partial charge < -0.3 is 14.2 Å². The molecule has 0 aliphatic heterocycles. The molecule has 0 bridgehead atoms. The van der Waals surface area contributed by atoms with Crippen LogP contribution in [-0.4, -0.2) is 37.2 Å². The van der Waals surface area contributed by atoms with Crippen LogP contribution in [0.4, 0.5) is 0 Å². The van der Waals surface area contributed by atoms with Crippen molar-refractivity contribution in [1.29, 1.82) is 0 Å². The molecule has 0 amide bonds. The third-order valence-corrected chi connectivity index (χ3v) is 12.2. The van der Waals surface area contributed by atoms with Crippen LogP contribution in [-0.2, 0) is 28.6 Å². The van der Waals surface area contributed by atoms with Crippen LogP contribution < -0.4 is 0 Å². The molecular weight excluding hydrogens is 889 g/mol. The third-order valence-electron chi connectivity index (χ3n) is 12.2. The Morgan fingerprint density at radius 2 is 0.542 bits per heavy atom. The van der Waals surface area contributed by atoms with Crippen LogP contribution in [0.15, 0.2) is 122 Å². The van der Waals surface area contributed by atoms with Gasteiger partial charge in [-0.1, -0.05) is 251 Å². The molecule has 0 aromatic rings. The molecule has 0 fully saturated rings. The molecule has 0 aliphatic rings. The van der Waals surface area contributed by atoms with Crippen LogP contribution in [0.5, 0.6) is 0 Å². The Hall–Kier alpha value is -4.19. The summed E-state index contributed by atoms with van der Waals surface area (Å²) in [7, 11) is 0. The molecule has 0 spiro atoms. The van der Waals surface area contributed by atoms with Crippen molar-refractivity contribution >= 4 is 17.9 Å². The SMILES string of the molecule is CC/C=C/C/C=C/C/C=C/C/C=C/C/C=C/CCCCCC(=O)OC[C@@H](COC(=O)CCCCCCCCCCCCCCCCCC)OC(=O)CCCCC/C=C/C/C=C/C/C=C/C/C=C/C/C=C/CC. The predicted molar refractivity (Wildman–Crippen MR) is 311 cm³/mol. The van der Waals surface area contributed by atoms with E-state index in [1.54, 1.807) is 0 Å². The lowest BCUT2D eigenvalue weighted by molar-refractivity contribution is -0.167. The number of ether oxygens (including phenoxy) is 3. The average molecular weight is 998 g/mol. The van der Waals surface area contributed by atoms with E-state index in [9.17, 15) is 14.4 Å². The fraction of sp³-hybridized carbons (Fsp3) is 0.652. The van der Waals surface area contributed by atoms with Gasteiger partial charge in [0.05, 0.1) is 0 Å². The molecule has 0 radical (unpaired) electrons. The van der Waals surface area contributed by atoms with Gasteiger partial charge in [0.25, 0.3) is 0 Å². The lowest BCUT2D eigenvalue weighted by atomic mass is 10.0. The molecule has 1 atom stereocenters. The summed E-state index contributed by atoms with van der Waals surface area (Å²) in [5.74, 6) is -0.967. The molecule has 6 nitrogen and oxygen atoms in total. The molecule has 0 aliphatic carbocycles. The average Bonchev–Trinajstić information content (AvgIpc) is 3.38. The minimum atomic E-state index is -0.812. The Morgan fingerprint density at radius 1 is 0.292 bits per heavy atom. The number of hydrogen-bond acceptors (Lipinski definition) is 6. The fourth-order valence-electron chi connectivity index (χ4n) is 7.85. The van der Waals surface area contributed by atoms with Crippen LogP contribution >= 0.6 is 0 Å². The standard InChI is InChI=1S/C66H108O6/c1-4-7-10-13-16-19-22-25-28-31-33-35-38-41-44-47-50-53-56-59-65(68)71-62-63(61-70-64(67)58-55-52-49-46-43-40-37-30-27-24-21-18-15-12-9-6-3)72-66(69)60-57-54-51-48-45-42-39-36-34-32-29-26-23-20-17-14-11-8-5-2/h7-8,10-11,16-17,19-20,25-26,28-29,33-36,41-42,44-45,63H,4-6,9,12-15,18,21-24,27,30-32,37-40,43,46-62H2,1-3H3/b10-7+,11-8+,19-16+,20-17+,28-25+,29-26+,35-33+,36-34+,44-41+,45-42+/t63-/m1/s1. The summed E-state index contributed by atoms with van der Waals surface area (Å²) >= 11 is 0. The Morgan fingerprint density at radius 3 is 0.847 bits per heavy atom. The number of unbranched alkanes of at least 4 members (excludes halogenated alkanes) is 21. The second kappa shape index (κ2) is 59.4. The Bertz CT molecular complexity index is 1520. The second-order valence-electron chi connectivity index (χ2n) is 19.1. The Balaban J connectivity index is 4.52. The summed E-state index contributed by atoms with van der Waals surface area (Å²) in [5, 5.41) is 0. The minimum absolute atomic E-state index is 0.103. The van der Waals surface area contributed by atoms with E-state index >= 15 is 0 Å². The summed E-state index contributed by atoms with van der Waals surface area (Å²) in [4.78, 5) is 38.2. The number of rotatable bonds is 52. The second-order valence-corrected chi connectivity index (χ2v) is 19.1. The van der Waals surface area contributed by atoms with Gasteiger partial charge in [0.1, 0.15) is 13.2 Å². The smallest absolute Gasteiger partial charge is 0.306 e. The number of carbonyl (C=O) groups is 3. The van der Waals surface area contributed by atoms with Crippen LogP contribution in [0.3, 0.4) is 0 Å². The third kappa shape index (κ3) is 56.7. The highest BCUT2D eigenvalue weighted by Gasteiger charge is 2.19. The van der Waals surface area contributed by atoms with Crippen LogP contribution in [0.25, 0.3) is 0 Å². The lowest BCUT2D eigenvalue weighted by Crippen LogP contribution is -2.30. The summed E-state index contributed by atoms with van der Waals surface area (Å²) in [5.41, 5.74) is 0. The molecular formula is C66H108O6. The van der Waals surface area contributed by atoms with E-state index in [4.69, 9.17) is 14.2 Å². The van der Waals surface area contributed by atoms with Crippen LogP contribution in [0.1, 0.15) is 258 Å². The largest absolute Gasteiger partial charge is 0.462 e. The van der Waals surface area contributed by atoms with Gasteiger partial charge in [0.15, 0.2) is 6.10 Å². The van der Waals surface area contributed by atoms with Gasteiger partial charge >= 0.3 is 17.9 Å². The van der Waals surface area contributed by atoms with Crippen molar-refractivity contribution in [1.82, 2.24) is 0 Å². The molecule has 0 saturated heterocycles. The number of allylic oxidation sites excluding steroid dienone is 20. The van der Waals surface area contributed by atoms with Crippen LogP contribution in [0, 0.1) is 0 Å². The molecule has 0 aromatic carbocycles. The first kappa shape index (κ1) is 67.8. The minimum Gasteiger partial charge on any atom is -0.462 e. The van der Waals surface area contributed by atoms with E-state index in [2.05, 4.69) is 142 Å². The first-order valence-electron chi connectivity index (χ1n) is 29.5. The van der Waals surface area contributed by atoms with Crippen molar-refractivity contribution in [2.45, 2.75) is 264 Å². The maximum Gasteiger partial charge on any atom is 0.306 e. The summed E-state index contributed by atoms with van der Waals surface area (Å²) in [6.07, 6.45) is 81.9. The van der Waals surface area contributed by atoms with Crippen molar-refractivity contribution in [3.05, 3.63) is 122 Å². The normalized spacial score (nSPS) is 13.0. The van der Waals surface area contributed by atoms with Gasteiger partial charge in [-0.15, -0.1) is 0 Å². The van der Waals surface area contributed by atoms with Gasteiger partial charge in [-0.2, -0.15) is 0 Å². The van der Waals surface area contributed by atoms with Gasteiger partial charge in [-0.05, 0) is 109 Å². The van der Waals surface area contributed by atoms with Gasteiger partial charge in [0, 0.05) is 19.3 Å². The van der Waals surface area contributed by atoms with Crippen molar-refractivity contribution < 1.29 is 28.6 Å². The monoisotopic (exact) mass is 997 g/mol. The lowest BCUT2D eigenvalue weighted by Gasteiger charge is -2.18. The number of hydrogen-bond donors (Lipinski definition) is 0. The maximum atomic E-state index is 12.9. The molecule has 408 valence electrons. The van der Waals surface area contributed by atoms with Crippen LogP contribution in [0.2, 0.25) is 0 Å². The Kier molecular flexibility index (Phi) is 55.9. The zero-order valence-corrected chi connectivity index (χ0v) is 46.7. The quantitative estimate of drug-likeness (QED) is 0.0261. The molecule has 72 heavy (non-hydrogen) atoms. The first-order chi connectivity index (χ1) is 35.5.